The summed E-state index contributed by atoms with van der Waals surface area (Å²) in [6.45, 7) is 2.75. The molecular weight excluding hydrogens is 320 g/mol. The second-order valence-electron chi connectivity index (χ2n) is 4.37. The number of rotatable bonds is 4. The Kier molecular flexibility index (Phi) is 4.49. The van der Waals surface area contributed by atoms with Crippen LogP contribution in [0.3, 0.4) is 0 Å². The van der Waals surface area contributed by atoms with Crippen LogP contribution in [0.25, 0.3) is 0 Å². The first-order valence-electron chi connectivity index (χ1n) is 6.35. The van der Waals surface area contributed by atoms with Crippen LogP contribution in [0.1, 0.15) is 17.4 Å². The van der Waals surface area contributed by atoms with Crippen LogP contribution in [0.5, 0.6) is 5.75 Å². The van der Waals surface area contributed by atoms with Gasteiger partial charge in [0, 0.05) is 24.3 Å². The molecule has 0 aliphatic rings. The first-order valence-corrected chi connectivity index (χ1v) is 7.14. The van der Waals surface area contributed by atoms with Crippen LogP contribution in [0.4, 0.5) is 5.69 Å². The van der Waals surface area contributed by atoms with Crippen molar-refractivity contribution >= 4 is 27.5 Å². The van der Waals surface area contributed by atoms with E-state index in [0.29, 0.717) is 11.4 Å². The third-order valence-electron chi connectivity index (χ3n) is 3.17. The molecule has 0 aliphatic heterocycles. The monoisotopic (exact) mass is 336 g/mol. The fraction of sp³-hybridized carbons (Fsp3) is 0.267. The van der Waals surface area contributed by atoms with Gasteiger partial charge in [0.1, 0.15) is 11.4 Å². The maximum absolute atomic E-state index is 12.6. The highest BCUT2D eigenvalue weighted by Crippen LogP contribution is 2.28. The minimum absolute atomic E-state index is 0.0675. The molecule has 0 saturated heterocycles. The second-order valence-corrected chi connectivity index (χ2v) is 5.28. The summed E-state index contributed by atoms with van der Waals surface area (Å²) in [4.78, 5) is 14.2. The molecule has 1 heterocycles. The zero-order chi connectivity index (χ0) is 14.7. The van der Waals surface area contributed by atoms with Gasteiger partial charge in [-0.2, -0.15) is 0 Å². The number of carbonyl (C=O) groups is 1. The number of benzene rings is 1. The van der Waals surface area contributed by atoms with E-state index in [1.54, 1.807) is 19.1 Å². The molecule has 1 aromatic heterocycles. The average Bonchev–Trinajstić information content (AvgIpc) is 2.86. The summed E-state index contributed by atoms with van der Waals surface area (Å²) in [6, 6.07) is 9.30. The van der Waals surface area contributed by atoms with Gasteiger partial charge in [-0.25, -0.2) is 0 Å². The van der Waals surface area contributed by atoms with E-state index in [-0.39, 0.29) is 5.91 Å². The molecule has 0 radical (unpaired) electrons. The summed E-state index contributed by atoms with van der Waals surface area (Å²) >= 11 is 3.41. The number of hydrogen-bond acceptors (Lipinski definition) is 2. The highest BCUT2D eigenvalue weighted by atomic mass is 79.9. The summed E-state index contributed by atoms with van der Waals surface area (Å²) in [5.74, 6) is 0.610. The van der Waals surface area contributed by atoms with E-state index in [9.17, 15) is 4.79 Å². The first kappa shape index (κ1) is 14.7. The Labute approximate surface area is 127 Å². The molecule has 0 bridgehead atoms. The van der Waals surface area contributed by atoms with Gasteiger partial charge in [-0.1, -0.05) is 12.1 Å². The Morgan fingerprint density at radius 1 is 1.40 bits per heavy atom. The molecule has 0 aliphatic carbocycles. The lowest BCUT2D eigenvalue weighted by Crippen LogP contribution is -2.28. The third-order valence-corrected chi connectivity index (χ3v) is 3.61. The van der Waals surface area contributed by atoms with Crippen molar-refractivity contribution in [3.63, 3.8) is 0 Å². The molecule has 2 aromatic rings. The molecule has 5 heteroatoms. The largest absolute Gasteiger partial charge is 0.495 e. The smallest absolute Gasteiger partial charge is 0.274 e. The van der Waals surface area contributed by atoms with Crippen molar-refractivity contribution in [2.45, 2.75) is 13.5 Å². The van der Waals surface area contributed by atoms with Gasteiger partial charge in [-0.05, 0) is 41.1 Å². The lowest BCUT2D eigenvalue weighted by Gasteiger charge is -2.20. The number of methoxy groups -OCH3 is 1. The van der Waals surface area contributed by atoms with Gasteiger partial charge in [0.15, 0.2) is 0 Å². The van der Waals surface area contributed by atoms with Gasteiger partial charge < -0.3 is 14.2 Å². The van der Waals surface area contributed by atoms with E-state index in [2.05, 4.69) is 15.9 Å². The van der Waals surface area contributed by atoms with Gasteiger partial charge in [-0.3, -0.25) is 4.79 Å². The topological polar surface area (TPSA) is 34.5 Å². The molecular formula is C15H17BrN2O2. The maximum atomic E-state index is 12.6. The van der Waals surface area contributed by atoms with Gasteiger partial charge in [-0.15, -0.1) is 0 Å². The number of halogens is 1. The number of ether oxygens (including phenoxy) is 1. The van der Waals surface area contributed by atoms with Crippen LogP contribution in [0.15, 0.2) is 41.0 Å². The normalized spacial score (nSPS) is 10.4. The minimum Gasteiger partial charge on any atom is -0.495 e. The van der Waals surface area contributed by atoms with E-state index in [1.807, 2.05) is 48.0 Å². The molecule has 0 atom stereocenters. The highest BCUT2D eigenvalue weighted by molar-refractivity contribution is 9.10. The molecule has 20 heavy (non-hydrogen) atoms. The molecule has 0 unspecified atom stereocenters. The fourth-order valence-corrected chi connectivity index (χ4v) is 2.57. The predicted octanol–water partition coefficient (Wildman–Crippen LogP) is 3.56. The van der Waals surface area contributed by atoms with Crippen LogP contribution in [-0.4, -0.2) is 24.6 Å². The van der Waals surface area contributed by atoms with Crippen LogP contribution >= 0.6 is 15.9 Å². The van der Waals surface area contributed by atoms with Crippen molar-refractivity contribution < 1.29 is 9.53 Å². The van der Waals surface area contributed by atoms with Crippen LogP contribution in [0.2, 0.25) is 0 Å². The van der Waals surface area contributed by atoms with Crippen molar-refractivity contribution in [3.8, 4) is 5.75 Å². The summed E-state index contributed by atoms with van der Waals surface area (Å²) in [5, 5.41) is 0. The quantitative estimate of drug-likeness (QED) is 0.855. The average molecular weight is 337 g/mol. The number of nitrogens with zero attached hydrogens (tertiary/aromatic N) is 2. The molecule has 2 rings (SSSR count). The van der Waals surface area contributed by atoms with Crippen LogP contribution in [-0.2, 0) is 6.54 Å². The minimum atomic E-state index is -0.0675. The van der Waals surface area contributed by atoms with E-state index >= 15 is 0 Å². The Morgan fingerprint density at radius 3 is 2.75 bits per heavy atom. The number of hydrogen-bond donors (Lipinski definition) is 0. The molecule has 0 saturated carbocycles. The lowest BCUT2D eigenvalue weighted by molar-refractivity contribution is 0.0983. The summed E-state index contributed by atoms with van der Waals surface area (Å²) < 4.78 is 8.12. The fourth-order valence-electron chi connectivity index (χ4n) is 2.10. The zero-order valence-electron chi connectivity index (χ0n) is 11.8. The van der Waals surface area contributed by atoms with E-state index < -0.39 is 0 Å². The molecule has 106 valence electrons. The summed E-state index contributed by atoms with van der Waals surface area (Å²) in [6.07, 6.45) is 1.91. The molecule has 4 nitrogen and oxygen atoms in total. The lowest BCUT2D eigenvalue weighted by atomic mass is 10.2. The number of aromatic nitrogens is 1. The van der Waals surface area contributed by atoms with Crippen molar-refractivity contribution in [2.75, 3.05) is 19.1 Å². The molecule has 0 N–H and O–H groups in total. The Morgan fingerprint density at radius 2 is 2.10 bits per heavy atom. The highest BCUT2D eigenvalue weighted by Gasteiger charge is 2.20. The van der Waals surface area contributed by atoms with E-state index in [0.717, 1.165) is 16.7 Å². The van der Waals surface area contributed by atoms with Crippen molar-refractivity contribution in [2.24, 2.45) is 0 Å². The Hall–Kier alpha value is -1.75. The van der Waals surface area contributed by atoms with Gasteiger partial charge in [0.25, 0.3) is 5.91 Å². The van der Waals surface area contributed by atoms with Crippen LogP contribution in [0, 0.1) is 0 Å². The SMILES string of the molecule is CCn1cc(Br)cc1C(=O)N(C)c1ccccc1OC. The first-order chi connectivity index (χ1) is 9.58. The van der Waals surface area contributed by atoms with Crippen molar-refractivity contribution in [1.82, 2.24) is 4.57 Å². The molecule has 0 fully saturated rings. The van der Waals surface area contributed by atoms with Gasteiger partial charge in [0.05, 0.1) is 12.8 Å². The number of carbonyl (C=O) groups excluding carboxylic acids is 1. The Balaban J connectivity index is 2.37. The second kappa shape index (κ2) is 6.13. The van der Waals surface area contributed by atoms with Crippen LogP contribution < -0.4 is 9.64 Å². The zero-order valence-corrected chi connectivity index (χ0v) is 13.3. The Bertz CT molecular complexity index is 622. The van der Waals surface area contributed by atoms with Crippen molar-refractivity contribution in [1.29, 1.82) is 0 Å². The van der Waals surface area contributed by atoms with E-state index in [4.69, 9.17) is 4.74 Å². The third kappa shape index (κ3) is 2.72. The number of amides is 1. The number of anilines is 1. The maximum Gasteiger partial charge on any atom is 0.274 e. The predicted molar refractivity (Wildman–Crippen MR) is 83.5 cm³/mol. The van der Waals surface area contributed by atoms with Crippen molar-refractivity contribution in [3.05, 3.63) is 46.7 Å². The summed E-state index contributed by atoms with van der Waals surface area (Å²) in [7, 11) is 3.35. The molecule has 1 amide bonds. The summed E-state index contributed by atoms with van der Waals surface area (Å²) in [5.41, 5.74) is 1.40. The molecule has 1 aromatic carbocycles. The number of para-hydroxylation sites is 2. The van der Waals surface area contributed by atoms with E-state index in [1.165, 1.54) is 0 Å². The molecule has 0 spiro atoms. The standard InChI is InChI=1S/C15H17BrN2O2/c1-4-18-10-11(16)9-13(18)15(19)17(2)12-7-5-6-8-14(12)20-3/h5-10H,4H2,1-3H3. The number of aryl methyl sites for hydroxylation is 1. The van der Waals surface area contributed by atoms with Gasteiger partial charge >= 0.3 is 0 Å². The van der Waals surface area contributed by atoms with Gasteiger partial charge in [0.2, 0.25) is 0 Å².